The van der Waals surface area contributed by atoms with Crippen molar-refractivity contribution in [2.75, 3.05) is 13.6 Å². The maximum Gasteiger partial charge on any atom is 0.270 e. The maximum atomic E-state index is 12.8. The SMILES string of the molecule is CN=CC(=CN)C1CN(C(=O)C(N)=CC(=O)C2CC2)Cc2ccccc21. The third-order valence-electron chi connectivity index (χ3n) is 4.88. The van der Waals surface area contributed by atoms with Crippen LogP contribution in [0.4, 0.5) is 0 Å². The molecule has 0 bridgehead atoms. The molecule has 136 valence electrons. The zero-order valence-corrected chi connectivity index (χ0v) is 14.9. The van der Waals surface area contributed by atoms with E-state index in [-0.39, 0.29) is 29.2 Å². The summed E-state index contributed by atoms with van der Waals surface area (Å²) in [5.74, 6) is -0.401. The molecule has 1 unspecified atom stereocenters. The maximum absolute atomic E-state index is 12.8. The fourth-order valence-electron chi connectivity index (χ4n) is 3.33. The molecule has 4 N–H and O–H groups in total. The first-order valence-electron chi connectivity index (χ1n) is 8.77. The Bertz CT molecular complexity index is 806. The van der Waals surface area contributed by atoms with Crippen LogP contribution in [0.3, 0.4) is 0 Å². The second-order valence-corrected chi connectivity index (χ2v) is 6.77. The molecule has 0 saturated heterocycles. The standard InChI is InChI=1S/C20H24N4O2/c1-23-10-15(9-21)17-12-24(11-14-4-2-3-5-16(14)17)20(26)18(22)8-19(25)13-6-7-13/h2-5,8-10,13,17H,6-7,11-12,21-22H2,1H3. The highest BCUT2D eigenvalue weighted by Gasteiger charge is 2.32. The smallest absolute Gasteiger partial charge is 0.270 e. The molecule has 1 aromatic rings. The quantitative estimate of drug-likeness (QED) is 0.619. The molecular weight excluding hydrogens is 328 g/mol. The van der Waals surface area contributed by atoms with Gasteiger partial charge in [-0.05, 0) is 35.7 Å². The van der Waals surface area contributed by atoms with Crippen molar-refractivity contribution < 1.29 is 9.59 Å². The number of fused-ring (bicyclic) bond motifs is 1. The molecule has 6 heteroatoms. The Morgan fingerprint density at radius 1 is 1.27 bits per heavy atom. The normalized spacial score (nSPS) is 21.0. The summed E-state index contributed by atoms with van der Waals surface area (Å²) in [7, 11) is 1.69. The summed E-state index contributed by atoms with van der Waals surface area (Å²) in [5, 5.41) is 0. The second-order valence-electron chi connectivity index (χ2n) is 6.77. The molecule has 3 rings (SSSR count). The van der Waals surface area contributed by atoms with E-state index in [1.54, 1.807) is 18.2 Å². The lowest BCUT2D eigenvalue weighted by Crippen LogP contribution is -2.41. The minimum Gasteiger partial charge on any atom is -0.404 e. The Balaban J connectivity index is 1.88. The number of carbonyl (C=O) groups is 2. The van der Waals surface area contributed by atoms with Crippen LogP contribution < -0.4 is 11.5 Å². The molecule has 26 heavy (non-hydrogen) atoms. The molecule has 1 aromatic carbocycles. The van der Waals surface area contributed by atoms with Gasteiger partial charge in [0.05, 0.1) is 0 Å². The van der Waals surface area contributed by atoms with Crippen molar-refractivity contribution in [3.05, 3.63) is 58.9 Å². The summed E-state index contributed by atoms with van der Waals surface area (Å²) < 4.78 is 0. The van der Waals surface area contributed by atoms with Gasteiger partial charge in [-0.2, -0.15) is 0 Å². The van der Waals surface area contributed by atoms with Gasteiger partial charge in [-0.25, -0.2) is 0 Å². The molecule has 1 aliphatic heterocycles. The number of carbonyl (C=O) groups excluding carboxylic acids is 2. The first kappa shape index (κ1) is 17.9. The van der Waals surface area contributed by atoms with Gasteiger partial charge < -0.3 is 16.4 Å². The summed E-state index contributed by atoms with van der Waals surface area (Å²) in [6.07, 6.45) is 6.31. The Kier molecular flexibility index (Phi) is 5.21. The van der Waals surface area contributed by atoms with Crippen LogP contribution in [0.5, 0.6) is 0 Å². The number of aliphatic imine (C=N–C) groups is 1. The van der Waals surface area contributed by atoms with E-state index in [1.807, 2.05) is 24.3 Å². The summed E-state index contributed by atoms with van der Waals surface area (Å²) >= 11 is 0. The highest BCUT2D eigenvalue weighted by Crippen LogP contribution is 2.33. The fraction of sp³-hybridized carbons (Fsp3) is 0.350. The number of amides is 1. The van der Waals surface area contributed by atoms with E-state index < -0.39 is 0 Å². The van der Waals surface area contributed by atoms with Crippen LogP contribution in [0, 0.1) is 5.92 Å². The van der Waals surface area contributed by atoms with Crippen molar-refractivity contribution in [1.82, 2.24) is 4.90 Å². The minimum absolute atomic E-state index is 0.00229. The second kappa shape index (κ2) is 7.56. The molecule has 0 radical (unpaired) electrons. The van der Waals surface area contributed by atoms with Crippen molar-refractivity contribution in [3.8, 4) is 0 Å². The van der Waals surface area contributed by atoms with E-state index in [4.69, 9.17) is 11.5 Å². The lowest BCUT2D eigenvalue weighted by molar-refractivity contribution is -0.128. The Labute approximate surface area is 153 Å². The van der Waals surface area contributed by atoms with E-state index in [1.165, 1.54) is 12.3 Å². The Hall–Kier alpha value is -2.89. The van der Waals surface area contributed by atoms with Crippen LogP contribution in [-0.2, 0) is 16.1 Å². The number of nitrogens with zero attached hydrogens (tertiary/aromatic N) is 2. The summed E-state index contributed by atoms with van der Waals surface area (Å²) in [5.41, 5.74) is 14.7. The molecular formula is C20H24N4O2. The third kappa shape index (κ3) is 3.69. The zero-order valence-electron chi connectivity index (χ0n) is 14.9. The number of rotatable bonds is 5. The van der Waals surface area contributed by atoms with Crippen molar-refractivity contribution in [2.24, 2.45) is 22.4 Å². The largest absolute Gasteiger partial charge is 0.404 e. The van der Waals surface area contributed by atoms with Crippen LogP contribution in [0.25, 0.3) is 0 Å². The van der Waals surface area contributed by atoms with E-state index in [0.29, 0.717) is 13.1 Å². The summed E-state index contributed by atoms with van der Waals surface area (Å²) in [4.78, 5) is 30.5. The van der Waals surface area contributed by atoms with Crippen LogP contribution in [-0.4, -0.2) is 36.4 Å². The van der Waals surface area contributed by atoms with Crippen LogP contribution in [0.15, 0.2) is 52.8 Å². The predicted octanol–water partition coefficient (Wildman–Crippen LogP) is 1.48. The lowest BCUT2D eigenvalue weighted by atomic mass is 9.85. The number of nitrogens with two attached hydrogens (primary N) is 2. The van der Waals surface area contributed by atoms with Crippen LogP contribution in [0.1, 0.15) is 29.9 Å². The Morgan fingerprint density at radius 3 is 2.65 bits per heavy atom. The molecule has 1 saturated carbocycles. The van der Waals surface area contributed by atoms with Crippen molar-refractivity contribution in [3.63, 3.8) is 0 Å². The number of allylic oxidation sites excluding steroid dienone is 1. The molecule has 6 nitrogen and oxygen atoms in total. The van der Waals surface area contributed by atoms with Gasteiger partial charge in [0.2, 0.25) is 0 Å². The van der Waals surface area contributed by atoms with Gasteiger partial charge >= 0.3 is 0 Å². The average Bonchev–Trinajstić information content (AvgIpc) is 3.50. The molecule has 1 aliphatic carbocycles. The molecule has 1 amide bonds. The highest BCUT2D eigenvalue weighted by atomic mass is 16.2. The predicted molar refractivity (Wildman–Crippen MR) is 101 cm³/mol. The molecule has 1 fully saturated rings. The third-order valence-corrected chi connectivity index (χ3v) is 4.88. The van der Waals surface area contributed by atoms with Gasteiger partial charge in [0.1, 0.15) is 5.70 Å². The summed E-state index contributed by atoms with van der Waals surface area (Å²) in [6.45, 7) is 0.899. The van der Waals surface area contributed by atoms with Gasteiger partial charge in [-0.3, -0.25) is 14.6 Å². The van der Waals surface area contributed by atoms with Crippen molar-refractivity contribution in [2.45, 2.75) is 25.3 Å². The number of hydrogen-bond acceptors (Lipinski definition) is 5. The van der Waals surface area contributed by atoms with Crippen LogP contribution >= 0.6 is 0 Å². The van der Waals surface area contributed by atoms with Gasteiger partial charge in [0, 0.05) is 44.3 Å². The number of hydrogen-bond donors (Lipinski definition) is 2. The Morgan fingerprint density at radius 2 is 2.00 bits per heavy atom. The average molecular weight is 352 g/mol. The molecule has 0 aromatic heterocycles. The van der Waals surface area contributed by atoms with Crippen molar-refractivity contribution in [1.29, 1.82) is 0 Å². The van der Waals surface area contributed by atoms with Gasteiger partial charge in [0.15, 0.2) is 5.78 Å². The number of benzene rings is 1. The fourth-order valence-corrected chi connectivity index (χ4v) is 3.33. The van der Waals surface area contributed by atoms with E-state index in [0.717, 1.165) is 29.5 Å². The van der Waals surface area contributed by atoms with Gasteiger partial charge in [-0.1, -0.05) is 24.3 Å². The van der Waals surface area contributed by atoms with Crippen LogP contribution in [0.2, 0.25) is 0 Å². The first-order valence-corrected chi connectivity index (χ1v) is 8.77. The first-order chi connectivity index (χ1) is 12.5. The van der Waals surface area contributed by atoms with Crippen molar-refractivity contribution >= 4 is 17.9 Å². The van der Waals surface area contributed by atoms with Gasteiger partial charge in [0.25, 0.3) is 5.91 Å². The molecule has 2 aliphatic rings. The number of ketones is 1. The van der Waals surface area contributed by atoms with E-state index >= 15 is 0 Å². The monoisotopic (exact) mass is 352 g/mol. The zero-order chi connectivity index (χ0) is 18.7. The molecule has 1 atom stereocenters. The molecule has 1 heterocycles. The topological polar surface area (TPSA) is 102 Å². The highest BCUT2D eigenvalue weighted by molar-refractivity contribution is 6.02. The minimum atomic E-state index is -0.316. The summed E-state index contributed by atoms with van der Waals surface area (Å²) in [6, 6.07) is 7.96. The lowest BCUT2D eigenvalue weighted by Gasteiger charge is -2.35. The molecule has 0 spiro atoms. The van der Waals surface area contributed by atoms with E-state index in [2.05, 4.69) is 4.99 Å². The van der Waals surface area contributed by atoms with E-state index in [9.17, 15) is 9.59 Å². The van der Waals surface area contributed by atoms with Gasteiger partial charge in [-0.15, -0.1) is 0 Å².